The van der Waals surface area contributed by atoms with Crippen molar-refractivity contribution in [3.8, 4) is 0 Å². The normalized spacial score (nSPS) is 24.8. The molecule has 0 aliphatic carbocycles. The Morgan fingerprint density at radius 1 is 1.27 bits per heavy atom. The standard InChI is InChI=1S/C17H31N3O2/c1-13(16-4-3-7-18-12-16)10-17(22)20-8-5-15(6-9-20)11-19-14(2)21/h13,15-16,18H,3-12H2,1-2H3,(H,19,21). The Hall–Kier alpha value is -1.10. The van der Waals surface area contributed by atoms with Crippen molar-refractivity contribution in [2.24, 2.45) is 17.8 Å². The molecule has 0 saturated carbocycles. The number of nitrogens with zero attached hydrogens (tertiary/aromatic N) is 1. The molecule has 126 valence electrons. The average molecular weight is 309 g/mol. The number of nitrogens with one attached hydrogen (secondary N) is 2. The molecule has 0 spiro atoms. The van der Waals surface area contributed by atoms with E-state index in [2.05, 4.69) is 17.6 Å². The molecule has 0 bridgehead atoms. The van der Waals surface area contributed by atoms with Crippen LogP contribution in [0.3, 0.4) is 0 Å². The number of hydrogen-bond acceptors (Lipinski definition) is 3. The van der Waals surface area contributed by atoms with Gasteiger partial charge in [-0.05, 0) is 56.5 Å². The van der Waals surface area contributed by atoms with Gasteiger partial charge in [-0.2, -0.15) is 0 Å². The summed E-state index contributed by atoms with van der Waals surface area (Å²) in [5.74, 6) is 1.99. The number of piperidine rings is 2. The molecule has 2 aliphatic heterocycles. The second-order valence-electron chi connectivity index (χ2n) is 7.05. The Balaban J connectivity index is 1.69. The van der Waals surface area contributed by atoms with Gasteiger partial charge in [0, 0.05) is 33.0 Å². The Kier molecular flexibility index (Phi) is 6.68. The highest BCUT2D eigenvalue weighted by Gasteiger charge is 2.27. The summed E-state index contributed by atoms with van der Waals surface area (Å²) in [6.07, 6.45) is 5.18. The van der Waals surface area contributed by atoms with Gasteiger partial charge in [0.1, 0.15) is 0 Å². The zero-order valence-electron chi connectivity index (χ0n) is 14.1. The molecular weight excluding hydrogens is 278 g/mol. The highest BCUT2D eigenvalue weighted by Crippen LogP contribution is 2.24. The van der Waals surface area contributed by atoms with Gasteiger partial charge in [-0.1, -0.05) is 6.92 Å². The summed E-state index contributed by atoms with van der Waals surface area (Å²) in [7, 11) is 0. The molecule has 2 heterocycles. The third kappa shape index (κ3) is 5.27. The maximum Gasteiger partial charge on any atom is 0.222 e. The molecule has 5 nitrogen and oxygen atoms in total. The van der Waals surface area contributed by atoms with Crippen molar-refractivity contribution < 1.29 is 9.59 Å². The molecule has 0 aromatic heterocycles. The fourth-order valence-electron chi connectivity index (χ4n) is 3.61. The van der Waals surface area contributed by atoms with E-state index < -0.39 is 0 Å². The van der Waals surface area contributed by atoms with Crippen LogP contribution in [0.2, 0.25) is 0 Å². The van der Waals surface area contributed by atoms with Crippen LogP contribution in [0.1, 0.15) is 46.0 Å². The lowest BCUT2D eigenvalue weighted by molar-refractivity contribution is -0.134. The van der Waals surface area contributed by atoms with Crippen molar-refractivity contribution >= 4 is 11.8 Å². The molecule has 2 rings (SSSR count). The highest BCUT2D eigenvalue weighted by molar-refractivity contribution is 5.76. The van der Waals surface area contributed by atoms with E-state index in [9.17, 15) is 9.59 Å². The first kappa shape index (κ1) is 17.3. The van der Waals surface area contributed by atoms with E-state index in [1.165, 1.54) is 12.8 Å². The van der Waals surface area contributed by atoms with Gasteiger partial charge in [-0.25, -0.2) is 0 Å². The molecule has 2 aliphatic rings. The highest BCUT2D eigenvalue weighted by atomic mass is 16.2. The van der Waals surface area contributed by atoms with Crippen molar-refractivity contribution in [2.75, 3.05) is 32.7 Å². The SMILES string of the molecule is CC(=O)NCC1CCN(C(=O)CC(C)C2CCCNC2)CC1. The Morgan fingerprint density at radius 2 is 2.00 bits per heavy atom. The number of carbonyl (C=O) groups excluding carboxylic acids is 2. The Bertz CT molecular complexity index is 372. The van der Waals surface area contributed by atoms with Gasteiger partial charge >= 0.3 is 0 Å². The molecule has 2 atom stereocenters. The average Bonchev–Trinajstić information content (AvgIpc) is 2.54. The zero-order chi connectivity index (χ0) is 15.9. The number of likely N-dealkylation sites (tertiary alicyclic amines) is 1. The van der Waals surface area contributed by atoms with Gasteiger partial charge < -0.3 is 15.5 Å². The number of rotatable bonds is 5. The number of hydrogen-bond donors (Lipinski definition) is 2. The van der Waals surface area contributed by atoms with Crippen molar-refractivity contribution in [2.45, 2.75) is 46.0 Å². The summed E-state index contributed by atoms with van der Waals surface area (Å²) < 4.78 is 0. The second-order valence-corrected chi connectivity index (χ2v) is 7.05. The lowest BCUT2D eigenvalue weighted by Crippen LogP contribution is -2.42. The molecule has 2 saturated heterocycles. The van der Waals surface area contributed by atoms with Crippen LogP contribution >= 0.6 is 0 Å². The molecular formula is C17H31N3O2. The van der Waals surface area contributed by atoms with Crippen molar-refractivity contribution in [3.63, 3.8) is 0 Å². The molecule has 5 heteroatoms. The third-order valence-electron chi connectivity index (χ3n) is 5.24. The maximum absolute atomic E-state index is 12.5. The molecule has 2 N–H and O–H groups in total. The van der Waals surface area contributed by atoms with Gasteiger partial charge in [-0.3, -0.25) is 9.59 Å². The molecule has 0 aromatic carbocycles. The lowest BCUT2D eigenvalue weighted by Gasteiger charge is -2.34. The largest absolute Gasteiger partial charge is 0.356 e. The monoisotopic (exact) mass is 309 g/mol. The summed E-state index contributed by atoms with van der Waals surface area (Å²) in [4.78, 5) is 25.4. The molecule has 2 amide bonds. The second kappa shape index (κ2) is 8.51. The predicted molar refractivity (Wildman–Crippen MR) is 87.4 cm³/mol. The van der Waals surface area contributed by atoms with Gasteiger partial charge in [0.2, 0.25) is 11.8 Å². The van der Waals surface area contributed by atoms with Gasteiger partial charge in [0.25, 0.3) is 0 Å². The smallest absolute Gasteiger partial charge is 0.222 e. The van der Waals surface area contributed by atoms with Crippen molar-refractivity contribution in [1.29, 1.82) is 0 Å². The number of carbonyl (C=O) groups is 2. The Labute approximate surface area is 134 Å². The van der Waals surface area contributed by atoms with Crippen LogP contribution in [-0.4, -0.2) is 49.4 Å². The molecule has 2 fully saturated rings. The molecule has 0 radical (unpaired) electrons. The van der Waals surface area contributed by atoms with Crippen LogP contribution in [0.5, 0.6) is 0 Å². The summed E-state index contributed by atoms with van der Waals surface area (Å²) in [5.41, 5.74) is 0. The lowest BCUT2D eigenvalue weighted by atomic mass is 9.85. The quantitative estimate of drug-likeness (QED) is 0.807. The first-order valence-electron chi connectivity index (χ1n) is 8.79. The van der Waals surface area contributed by atoms with Crippen LogP contribution < -0.4 is 10.6 Å². The Morgan fingerprint density at radius 3 is 2.59 bits per heavy atom. The minimum Gasteiger partial charge on any atom is -0.356 e. The minimum absolute atomic E-state index is 0.0356. The maximum atomic E-state index is 12.5. The fourth-order valence-corrected chi connectivity index (χ4v) is 3.61. The van der Waals surface area contributed by atoms with E-state index in [1.54, 1.807) is 6.92 Å². The number of amides is 2. The zero-order valence-corrected chi connectivity index (χ0v) is 14.1. The van der Waals surface area contributed by atoms with E-state index >= 15 is 0 Å². The molecule has 0 aromatic rings. The summed E-state index contributed by atoms with van der Waals surface area (Å²) >= 11 is 0. The molecule has 22 heavy (non-hydrogen) atoms. The predicted octanol–water partition coefficient (Wildman–Crippen LogP) is 1.39. The summed E-state index contributed by atoms with van der Waals surface area (Å²) in [6, 6.07) is 0. The van der Waals surface area contributed by atoms with E-state index in [-0.39, 0.29) is 5.91 Å². The van der Waals surface area contributed by atoms with Crippen LogP contribution in [0.4, 0.5) is 0 Å². The van der Waals surface area contributed by atoms with Crippen LogP contribution in [0.25, 0.3) is 0 Å². The summed E-state index contributed by atoms with van der Waals surface area (Å²) in [6.45, 7) is 8.41. The van der Waals surface area contributed by atoms with Crippen LogP contribution in [0.15, 0.2) is 0 Å². The van der Waals surface area contributed by atoms with E-state index in [0.717, 1.165) is 45.6 Å². The first-order chi connectivity index (χ1) is 10.6. The van der Waals surface area contributed by atoms with Gasteiger partial charge in [0.05, 0.1) is 0 Å². The van der Waals surface area contributed by atoms with Gasteiger partial charge in [0.15, 0.2) is 0 Å². The van der Waals surface area contributed by atoms with E-state index in [4.69, 9.17) is 0 Å². The first-order valence-corrected chi connectivity index (χ1v) is 8.79. The molecule has 2 unspecified atom stereocenters. The summed E-state index contributed by atoms with van der Waals surface area (Å²) in [5, 5.41) is 6.32. The van der Waals surface area contributed by atoms with Crippen molar-refractivity contribution in [3.05, 3.63) is 0 Å². The van der Waals surface area contributed by atoms with Crippen LogP contribution in [0, 0.1) is 17.8 Å². The van der Waals surface area contributed by atoms with Crippen LogP contribution in [-0.2, 0) is 9.59 Å². The fraction of sp³-hybridized carbons (Fsp3) is 0.882. The van der Waals surface area contributed by atoms with E-state index in [0.29, 0.717) is 30.1 Å². The minimum atomic E-state index is 0.0356. The third-order valence-corrected chi connectivity index (χ3v) is 5.24. The van der Waals surface area contributed by atoms with Crippen molar-refractivity contribution in [1.82, 2.24) is 15.5 Å². The van der Waals surface area contributed by atoms with Gasteiger partial charge in [-0.15, -0.1) is 0 Å². The van der Waals surface area contributed by atoms with E-state index in [1.807, 2.05) is 4.90 Å². The topological polar surface area (TPSA) is 61.4 Å².